The summed E-state index contributed by atoms with van der Waals surface area (Å²) in [4.78, 5) is 4.58. The maximum atomic E-state index is 12.7. The summed E-state index contributed by atoms with van der Waals surface area (Å²) in [7, 11) is 1.64. The number of benzene rings is 3. The summed E-state index contributed by atoms with van der Waals surface area (Å²) in [6, 6.07) is 19.3. The lowest BCUT2D eigenvalue weighted by molar-refractivity contribution is -0.137. The first-order valence-electron chi connectivity index (χ1n) is 12.3. The van der Waals surface area contributed by atoms with Gasteiger partial charge in [-0.3, -0.25) is 4.90 Å². The van der Waals surface area contributed by atoms with Crippen molar-refractivity contribution in [2.45, 2.75) is 12.6 Å². The molecule has 0 bridgehead atoms. The highest BCUT2D eigenvalue weighted by Gasteiger charge is 2.30. The minimum Gasteiger partial charge on any atom is -0.497 e. The highest BCUT2D eigenvalue weighted by molar-refractivity contribution is 7.80. The molecular weight excluding hydrogens is 515 g/mol. The first-order chi connectivity index (χ1) is 18.3. The van der Waals surface area contributed by atoms with Gasteiger partial charge in [-0.2, -0.15) is 13.2 Å². The van der Waals surface area contributed by atoms with Crippen molar-refractivity contribution in [2.75, 3.05) is 51.8 Å². The lowest BCUT2D eigenvalue weighted by Crippen LogP contribution is -2.50. The van der Waals surface area contributed by atoms with E-state index in [0.717, 1.165) is 67.8 Å². The first kappa shape index (κ1) is 27.5. The molecule has 0 unspecified atom stereocenters. The normalized spacial score (nSPS) is 14.2. The van der Waals surface area contributed by atoms with E-state index in [9.17, 15) is 13.2 Å². The molecule has 0 aliphatic carbocycles. The molecule has 0 atom stereocenters. The molecule has 1 fully saturated rings. The minimum absolute atomic E-state index is 0.337. The van der Waals surface area contributed by atoms with Gasteiger partial charge in [0.25, 0.3) is 0 Å². The van der Waals surface area contributed by atoms with E-state index in [1.807, 2.05) is 24.3 Å². The maximum Gasteiger partial charge on any atom is 0.416 e. The molecule has 1 aliphatic heterocycles. The highest BCUT2D eigenvalue weighted by atomic mass is 32.1. The number of thiocarbonyl (C=S) groups is 1. The summed E-state index contributed by atoms with van der Waals surface area (Å²) >= 11 is 5.58. The Bertz CT molecular complexity index is 1170. The van der Waals surface area contributed by atoms with Crippen LogP contribution < -0.4 is 19.5 Å². The van der Waals surface area contributed by atoms with Crippen LogP contribution in [0.4, 0.5) is 18.9 Å². The molecule has 0 radical (unpaired) electrons. The van der Waals surface area contributed by atoms with Crippen LogP contribution >= 0.6 is 12.2 Å². The smallest absolute Gasteiger partial charge is 0.416 e. The third-order valence-electron chi connectivity index (χ3n) is 6.13. The number of rotatable bonds is 9. The van der Waals surface area contributed by atoms with Gasteiger partial charge in [-0.15, -0.1) is 0 Å². The summed E-state index contributed by atoms with van der Waals surface area (Å²) in [6.45, 7) is 5.10. The number of nitrogens with one attached hydrogen (secondary N) is 1. The monoisotopic (exact) mass is 545 g/mol. The van der Waals surface area contributed by atoms with E-state index in [1.165, 1.54) is 12.1 Å². The van der Waals surface area contributed by atoms with E-state index in [1.54, 1.807) is 31.4 Å². The number of alkyl halides is 3. The topological polar surface area (TPSA) is 46.2 Å². The lowest BCUT2D eigenvalue weighted by Gasteiger charge is -2.36. The van der Waals surface area contributed by atoms with Crippen molar-refractivity contribution in [2.24, 2.45) is 0 Å². The molecule has 38 heavy (non-hydrogen) atoms. The predicted octanol–water partition coefficient (Wildman–Crippen LogP) is 6.29. The highest BCUT2D eigenvalue weighted by Crippen LogP contribution is 2.31. The standard InChI is InChI=1S/C28H30F3N3O3S/c1-35-23-9-5-22(6-10-23)32-27(38)34-18-16-33(17-19-34)15-2-20-36-24-11-13-26(14-12-24)37-25-7-3-21(4-8-25)28(29,30)31/h3-14H,2,15-20H2,1H3,(H,32,38). The van der Waals surface area contributed by atoms with Crippen molar-refractivity contribution in [3.63, 3.8) is 0 Å². The molecule has 3 aromatic rings. The van der Waals surface area contributed by atoms with Gasteiger partial charge in [-0.05, 0) is 91.4 Å². The van der Waals surface area contributed by atoms with Crippen LogP contribution in [0.1, 0.15) is 12.0 Å². The largest absolute Gasteiger partial charge is 0.497 e. The number of nitrogens with zero attached hydrogens (tertiary/aromatic N) is 2. The second-order valence-electron chi connectivity index (χ2n) is 8.78. The molecule has 1 aliphatic rings. The number of halogens is 3. The van der Waals surface area contributed by atoms with Gasteiger partial charge in [0.05, 0.1) is 19.3 Å². The Morgan fingerprint density at radius 1 is 0.816 bits per heavy atom. The number of methoxy groups -OCH3 is 1. The van der Waals surface area contributed by atoms with Gasteiger partial charge in [0, 0.05) is 38.4 Å². The Morgan fingerprint density at radius 2 is 1.37 bits per heavy atom. The van der Waals surface area contributed by atoms with Gasteiger partial charge >= 0.3 is 6.18 Å². The van der Waals surface area contributed by atoms with Gasteiger partial charge in [0.2, 0.25) is 0 Å². The molecule has 6 nitrogen and oxygen atoms in total. The summed E-state index contributed by atoms with van der Waals surface area (Å²) < 4.78 is 54.7. The molecule has 0 spiro atoms. The Labute approximate surface area is 225 Å². The fourth-order valence-electron chi connectivity index (χ4n) is 3.98. The molecule has 202 valence electrons. The van der Waals surface area contributed by atoms with Crippen LogP contribution in [0.3, 0.4) is 0 Å². The van der Waals surface area contributed by atoms with E-state index >= 15 is 0 Å². The summed E-state index contributed by atoms with van der Waals surface area (Å²) in [5.41, 5.74) is 0.232. The van der Waals surface area contributed by atoms with Crippen LogP contribution in [0.2, 0.25) is 0 Å². The average Bonchev–Trinajstić information content (AvgIpc) is 2.92. The van der Waals surface area contributed by atoms with E-state index < -0.39 is 11.7 Å². The van der Waals surface area contributed by atoms with Gasteiger partial charge < -0.3 is 24.4 Å². The molecule has 1 heterocycles. The average molecular weight is 546 g/mol. The number of ether oxygens (including phenoxy) is 3. The fourth-order valence-corrected chi connectivity index (χ4v) is 4.28. The zero-order valence-corrected chi connectivity index (χ0v) is 21.9. The van der Waals surface area contributed by atoms with E-state index in [0.29, 0.717) is 23.9 Å². The molecule has 1 N–H and O–H groups in total. The molecule has 0 aromatic heterocycles. The Kier molecular flexibility index (Phi) is 9.30. The van der Waals surface area contributed by atoms with Crippen molar-refractivity contribution in [1.82, 2.24) is 9.80 Å². The Balaban J connectivity index is 1.12. The third-order valence-corrected chi connectivity index (χ3v) is 6.49. The van der Waals surface area contributed by atoms with Gasteiger partial charge in [0.1, 0.15) is 23.0 Å². The number of anilines is 1. The predicted molar refractivity (Wildman–Crippen MR) is 145 cm³/mol. The van der Waals surface area contributed by atoms with Crippen LogP contribution in [0.5, 0.6) is 23.0 Å². The van der Waals surface area contributed by atoms with Gasteiger partial charge in [0.15, 0.2) is 5.11 Å². The van der Waals surface area contributed by atoms with Crippen molar-refractivity contribution >= 4 is 23.0 Å². The van der Waals surface area contributed by atoms with Gasteiger partial charge in [-0.1, -0.05) is 0 Å². The Hall–Kier alpha value is -3.50. The van der Waals surface area contributed by atoms with Crippen molar-refractivity contribution in [1.29, 1.82) is 0 Å². The summed E-state index contributed by atoms with van der Waals surface area (Å²) in [6.07, 6.45) is -3.48. The zero-order chi connectivity index (χ0) is 27.0. The van der Waals surface area contributed by atoms with Gasteiger partial charge in [-0.25, -0.2) is 0 Å². The second kappa shape index (κ2) is 12.8. The molecule has 4 rings (SSSR count). The summed E-state index contributed by atoms with van der Waals surface area (Å²) in [5, 5.41) is 4.01. The van der Waals surface area contributed by atoms with Crippen LogP contribution in [0.25, 0.3) is 0 Å². The van der Waals surface area contributed by atoms with Crippen molar-refractivity contribution < 1.29 is 27.4 Å². The molecule has 1 saturated heterocycles. The Morgan fingerprint density at radius 3 is 1.95 bits per heavy atom. The molecule has 10 heteroatoms. The molecular formula is C28H30F3N3O3S. The summed E-state index contributed by atoms with van der Waals surface area (Å²) in [5.74, 6) is 2.38. The first-order valence-corrected chi connectivity index (χ1v) is 12.7. The molecule has 0 amide bonds. The number of hydrogen-bond donors (Lipinski definition) is 1. The van der Waals surface area contributed by atoms with Crippen molar-refractivity contribution in [3.05, 3.63) is 78.4 Å². The van der Waals surface area contributed by atoms with E-state index in [4.69, 9.17) is 26.4 Å². The fraction of sp³-hybridized carbons (Fsp3) is 0.321. The van der Waals surface area contributed by atoms with Crippen LogP contribution in [0.15, 0.2) is 72.8 Å². The SMILES string of the molecule is COc1ccc(NC(=S)N2CCN(CCCOc3ccc(Oc4ccc(C(F)(F)F)cc4)cc3)CC2)cc1. The van der Waals surface area contributed by atoms with Crippen molar-refractivity contribution in [3.8, 4) is 23.0 Å². The lowest BCUT2D eigenvalue weighted by atomic mass is 10.2. The number of hydrogen-bond acceptors (Lipinski definition) is 5. The van der Waals surface area contributed by atoms with Crippen LogP contribution in [-0.4, -0.2) is 61.4 Å². The quantitative estimate of drug-likeness (QED) is 0.251. The molecule has 0 saturated carbocycles. The third kappa shape index (κ3) is 8.00. The van der Waals surface area contributed by atoms with E-state index in [2.05, 4.69) is 15.1 Å². The maximum absolute atomic E-state index is 12.7. The minimum atomic E-state index is -4.37. The van der Waals surface area contributed by atoms with Crippen LogP contribution in [0, 0.1) is 0 Å². The number of piperazine rings is 1. The zero-order valence-electron chi connectivity index (χ0n) is 21.0. The van der Waals surface area contributed by atoms with Crippen LogP contribution in [-0.2, 0) is 6.18 Å². The second-order valence-corrected chi connectivity index (χ2v) is 9.17. The molecule has 3 aromatic carbocycles. The van der Waals surface area contributed by atoms with E-state index in [-0.39, 0.29) is 0 Å².